The minimum atomic E-state index is -0.695. The van der Waals surface area contributed by atoms with Crippen LogP contribution in [0.1, 0.15) is 58.8 Å². The Morgan fingerprint density at radius 1 is 1.31 bits per heavy atom. The molecule has 5 nitrogen and oxygen atoms in total. The normalized spacial score (nSPS) is 36.6. The number of rotatable bonds is 5. The van der Waals surface area contributed by atoms with Gasteiger partial charge in [0.1, 0.15) is 0 Å². The van der Waals surface area contributed by atoms with Gasteiger partial charge in [-0.1, -0.05) is 25.5 Å². The lowest BCUT2D eigenvalue weighted by Gasteiger charge is -2.45. The Morgan fingerprint density at radius 3 is 2.72 bits per heavy atom. The summed E-state index contributed by atoms with van der Waals surface area (Å²) in [5.41, 5.74) is 9.47. The van der Waals surface area contributed by atoms with Gasteiger partial charge in [0.2, 0.25) is 5.91 Å². The molecule has 0 aromatic heterocycles. The number of carbonyl (C=O) groups excluding carboxylic acids is 1. The SMILES string of the molecule is CC1(C)CC=C(C2=CC(C(N)=O)=C(C3CC4CCC(CO)(O4)C3CO)C[CH]2)CC1. The highest BCUT2D eigenvalue weighted by atomic mass is 16.5. The van der Waals surface area contributed by atoms with Crippen LogP contribution in [0.3, 0.4) is 0 Å². The summed E-state index contributed by atoms with van der Waals surface area (Å²) in [6.45, 7) is 4.41. The first-order valence-corrected chi connectivity index (χ1v) is 11.0. The van der Waals surface area contributed by atoms with E-state index in [2.05, 4.69) is 26.3 Å². The zero-order valence-electron chi connectivity index (χ0n) is 17.6. The van der Waals surface area contributed by atoms with Crippen LogP contribution in [-0.2, 0) is 9.53 Å². The van der Waals surface area contributed by atoms with E-state index in [1.165, 1.54) is 5.57 Å². The largest absolute Gasteiger partial charge is 0.396 e. The van der Waals surface area contributed by atoms with E-state index < -0.39 is 11.5 Å². The van der Waals surface area contributed by atoms with Crippen LogP contribution in [0.15, 0.2) is 34.4 Å². The minimum absolute atomic E-state index is 0.00391. The molecule has 4 unspecified atom stereocenters. The summed E-state index contributed by atoms with van der Waals surface area (Å²) in [4.78, 5) is 12.4. The molecular weight excluding hydrogens is 366 g/mol. The number of fused-ring (bicyclic) bond motifs is 2. The predicted molar refractivity (Wildman–Crippen MR) is 112 cm³/mol. The Kier molecular flexibility index (Phi) is 5.51. The monoisotopic (exact) mass is 400 g/mol. The average molecular weight is 401 g/mol. The number of allylic oxidation sites excluding steroid dienone is 4. The highest BCUT2D eigenvalue weighted by molar-refractivity contribution is 5.96. The van der Waals surface area contributed by atoms with Crippen molar-refractivity contribution in [3.63, 3.8) is 0 Å². The number of primary amides is 1. The van der Waals surface area contributed by atoms with Gasteiger partial charge in [0, 0.05) is 18.1 Å². The number of amides is 1. The molecule has 4 atom stereocenters. The van der Waals surface area contributed by atoms with E-state index in [-0.39, 0.29) is 31.2 Å². The van der Waals surface area contributed by atoms with Crippen LogP contribution in [0.2, 0.25) is 0 Å². The molecule has 4 rings (SSSR count). The molecule has 2 fully saturated rings. The molecule has 0 spiro atoms. The van der Waals surface area contributed by atoms with Crippen molar-refractivity contribution in [2.75, 3.05) is 13.2 Å². The standard InChI is InChI=1S/C24H34NO4/c1-23(2)8-5-15(6-9-23)16-3-4-18(20(11-16)22(25)28)19-12-17-7-10-24(14-27,29-17)21(19)13-26/h3,5,11,17,19,21,26-27H,4,6-10,12-14H2,1-2H3,(H2,25,28). The molecule has 0 aromatic rings. The van der Waals surface area contributed by atoms with Crippen molar-refractivity contribution in [2.24, 2.45) is 23.0 Å². The second-order valence-electron chi connectivity index (χ2n) is 10.0. The van der Waals surface area contributed by atoms with Crippen molar-refractivity contribution >= 4 is 5.91 Å². The third-order valence-corrected chi connectivity index (χ3v) is 7.68. The van der Waals surface area contributed by atoms with Gasteiger partial charge in [0.05, 0.1) is 18.3 Å². The maximum absolute atomic E-state index is 12.4. The Bertz CT molecular complexity index is 778. The van der Waals surface area contributed by atoms with Gasteiger partial charge in [-0.3, -0.25) is 4.79 Å². The first-order valence-electron chi connectivity index (χ1n) is 11.0. The van der Waals surface area contributed by atoms with E-state index >= 15 is 0 Å². The van der Waals surface area contributed by atoms with E-state index in [0.717, 1.165) is 49.7 Å². The summed E-state index contributed by atoms with van der Waals surface area (Å²) >= 11 is 0. The quantitative estimate of drug-likeness (QED) is 0.661. The third kappa shape index (κ3) is 3.73. The van der Waals surface area contributed by atoms with Crippen molar-refractivity contribution < 1.29 is 19.7 Å². The summed E-state index contributed by atoms with van der Waals surface area (Å²) in [6, 6.07) is 0. The molecule has 5 heteroatoms. The zero-order chi connectivity index (χ0) is 20.8. The molecule has 0 aromatic carbocycles. The van der Waals surface area contributed by atoms with Gasteiger partial charge in [-0.25, -0.2) is 0 Å². The predicted octanol–water partition coefficient (Wildman–Crippen LogP) is 2.98. The number of aliphatic hydroxyl groups excluding tert-OH is 2. The molecule has 2 aliphatic carbocycles. The Morgan fingerprint density at radius 2 is 2.10 bits per heavy atom. The molecule has 2 saturated heterocycles. The summed E-state index contributed by atoms with van der Waals surface area (Å²) < 4.78 is 6.11. The fourth-order valence-corrected chi connectivity index (χ4v) is 5.80. The van der Waals surface area contributed by atoms with Crippen molar-refractivity contribution in [3.8, 4) is 0 Å². The summed E-state index contributed by atoms with van der Waals surface area (Å²) in [5, 5.41) is 20.2. The van der Waals surface area contributed by atoms with E-state index in [4.69, 9.17) is 10.5 Å². The minimum Gasteiger partial charge on any atom is -0.396 e. The summed E-state index contributed by atoms with van der Waals surface area (Å²) in [6.07, 6.45) is 12.8. The van der Waals surface area contributed by atoms with Crippen LogP contribution in [0.4, 0.5) is 0 Å². The van der Waals surface area contributed by atoms with Gasteiger partial charge in [-0.2, -0.15) is 0 Å². The van der Waals surface area contributed by atoms with Crippen molar-refractivity contribution in [1.29, 1.82) is 0 Å². The lowest BCUT2D eigenvalue weighted by atomic mass is 9.68. The lowest BCUT2D eigenvalue weighted by Crippen LogP contribution is -2.51. The highest BCUT2D eigenvalue weighted by Crippen LogP contribution is 2.52. The maximum atomic E-state index is 12.4. The van der Waals surface area contributed by atoms with Crippen LogP contribution in [0.25, 0.3) is 0 Å². The Hall–Kier alpha value is -1.43. The number of carbonyl (C=O) groups is 1. The topological polar surface area (TPSA) is 92.8 Å². The second-order valence-corrected chi connectivity index (χ2v) is 10.0. The lowest BCUT2D eigenvalue weighted by molar-refractivity contribution is -0.164. The first-order chi connectivity index (χ1) is 13.8. The van der Waals surface area contributed by atoms with Crippen molar-refractivity contribution in [3.05, 3.63) is 40.9 Å². The number of aliphatic hydroxyl groups is 2. The molecule has 4 N–H and O–H groups in total. The van der Waals surface area contributed by atoms with Crippen LogP contribution in [0, 0.1) is 23.7 Å². The smallest absolute Gasteiger partial charge is 0.248 e. The third-order valence-electron chi connectivity index (χ3n) is 7.68. The molecule has 0 saturated carbocycles. The molecule has 4 aliphatic rings. The molecule has 29 heavy (non-hydrogen) atoms. The molecule has 2 heterocycles. The van der Waals surface area contributed by atoms with Gasteiger partial charge in [-0.15, -0.1) is 0 Å². The molecule has 1 radical (unpaired) electrons. The van der Waals surface area contributed by atoms with Crippen LogP contribution in [0.5, 0.6) is 0 Å². The zero-order valence-corrected chi connectivity index (χ0v) is 17.6. The first kappa shape index (κ1) is 20.8. The van der Waals surface area contributed by atoms with Crippen molar-refractivity contribution in [1.82, 2.24) is 0 Å². The average Bonchev–Trinajstić information content (AvgIpc) is 3.05. The van der Waals surface area contributed by atoms with Gasteiger partial charge in [0.25, 0.3) is 0 Å². The maximum Gasteiger partial charge on any atom is 0.248 e. The van der Waals surface area contributed by atoms with Gasteiger partial charge >= 0.3 is 0 Å². The van der Waals surface area contributed by atoms with Gasteiger partial charge in [0.15, 0.2) is 0 Å². The van der Waals surface area contributed by atoms with E-state index in [0.29, 0.717) is 17.4 Å². The number of hydrogen-bond acceptors (Lipinski definition) is 4. The number of nitrogens with two attached hydrogens (primary N) is 1. The number of hydrogen-bond donors (Lipinski definition) is 3. The second kappa shape index (κ2) is 7.68. The summed E-state index contributed by atoms with van der Waals surface area (Å²) in [7, 11) is 0. The Labute approximate surface area is 173 Å². The molecule has 159 valence electrons. The Balaban J connectivity index is 1.68. The van der Waals surface area contributed by atoms with E-state index in [1.807, 2.05) is 6.08 Å². The summed E-state index contributed by atoms with van der Waals surface area (Å²) in [5.74, 6) is -0.617. The number of ether oxygens (including phenoxy) is 1. The van der Waals surface area contributed by atoms with Crippen LogP contribution >= 0.6 is 0 Å². The fourth-order valence-electron chi connectivity index (χ4n) is 5.80. The van der Waals surface area contributed by atoms with E-state index in [1.54, 1.807) is 0 Å². The van der Waals surface area contributed by atoms with Gasteiger partial charge < -0.3 is 20.7 Å². The highest BCUT2D eigenvalue weighted by Gasteiger charge is 2.54. The molecule has 1 amide bonds. The van der Waals surface area contributed by atoms with Crippen LogP contribution < -0.4 is 5.73 Å². The van der Waals surface area contributed by atoms with Crippen molar-refractivity contribution in [2.45, 2.75) is 70.5 Å². The fraction of sp³-hybridized carbons (Fsp3) is 0.667. The molecule has 2 aliphatic heterocycles. The van der Waals surface area contributed by atoms with E-state index in [9.17, 15) is 15.0 Å². The van der Waals surface area contributed by atoms with Crippen LogP contribution in [-0.4, -0.2) is 41.0 Å². The van der Waals surface area contributed by atoms with Gasteiger partial charge in [-0.05, 0) is 79.9 Å². The molecule has 2 bridgehead atoms. The molecular formula is C24H34NO4.